The lowest BCUT2D eigenvalue weighted by molar-refractivity contribution is 0.563. The van der Waals surface area contributed by atoms with E-state index in [4.69, 9.17) is 4.55 Å². The lowest BCUT2D eigenvalue weighted by atomic mass is 10.1. The zero-order chi connectivity index (χ0) is 11.4. The van der Waals surface area contributed by atoms with E-state index < -0.39 is 11.1 Å². The van der Waals surface area contributed by atoms with Crippen molar-refractivity contribution >= 4 is 16.8 Å². The topological polar surface area (TPSA) is 40.5 Å². The van der Waals surface area contributed by atoms with Crippen LogP contribution in [0, 0.1) is 0 Å². The molecule has 1 aliphatic rings. The normalized spacial score (nSPS) is 17.4. The molecule has 0 saturated carbocycles. The highest BCUT2D eigenvalue weighted by Crippen LogP contribution is 2.19. The summed E-state index contributed by atoms with van der Waals surface area (Å²) in [6.45, 7) is 1.94. The Morgan fingerprint density at radius 1 is 1.38 bits per heavy atom. The molecule has 1 atom stereocenters. The Kier molecular flexibility index (Phi) is 3.74. The second kappa shape index (κ2) is 5.27. The number of nitrogens with zero attached hydrogens (tertiary/aromatic N) is 1. The van der Waals surface area contributed by atoms with E-state index in [0.29, 0.717) is 0 Å². The molecule has 0 amide bonds. The highest BCUT2D eigenvalue weighted by molar-refractivity contribution is 7.78. The van der Waals surface area contributed by atoms with Crippen molar-refractivity contribution in [3.8, 4) is 0 Å². The highest BCUT2D eigenvalue weighted by atomic mass is 32.2. The Hall–Kier alpha value is -1.13. The van der Waals surface area contributed by atoms with E-state index in [2.05, 4.69) is 17.1 Å². The molecule has 0 fully saturated rings. The molecular weight excluding hydrogens is 222 g/mol. The Morgan fingerprint density at radius 2 is 2.25 bits per heavy atom. The summed E-state index contributed by atoms with van der Waals surface area (Å²) in [6, 6.07) is 7.86. The van der Waals surface area contributed by atoms with Crippen LogP contribution in [0.5, 0.6) is 0 Å². The van der Waals surface area contributed by atoms with Crippen molar-refractivity contribution in [2.75, 3.05) is 18.0 Å². The Bertz CT molecular complexity index is 417. The second-order valence-electron chi connectivity index (χ2n) is 3.84. The molecule has 3 nitrogen and oxygen atoms in total. The molecule has 1 N–H and O–H groups in total. The summed E-state index contributed by atoms with van der Waals surface area (Å²) in [5, 5.41) is 0. The molecule has 1 heterocycles. The summed E-state index contributed by atoms with van der Waals surface area (Å²) >= 11 is -1.76. The van der Waals surface area contributed by atoms with Crippen LogP contribution < -0.4 is 4.90 Å². The van der Waals surface area contributed by atoms with E-state index in [1.165, 1.54) is 0 Å². The van der Waals surface area contributed by atoms with Gasteiger partial charge in [-0.3, -0.25) is 0 Å². The van der Waals surface area contributed by atoms with Crippen LogP contribution in [0.25, 0.3) is 0 Å². The molecule has 1 aliphatic heterocycles. The quantitative estimate of drug-likeness (QED) is 0.647. The molecule has 4 heteroatoms. The monoisotopic (exact) mass is 237 g/mol. The van der Waals surface area contributed by atoms with Gasteiger partial charge in [0.1, 0.15) is 0 Å². The molecule has 1 unspecified atom stereocenters. The predicted octanol–water partition coefficient (Wildman–Crippen LogP) is 2.17. The van der Waals surface area contributed by atoms with Gasteiger partial charge in [0.2, 0.25) is 0 Å². The van der Waals surface area contributed by atoms with Crippen LogP contribution in [-0.2, 0) is 16.8 Å². The fraction of sp³-hybridized carbons (Fsp3) is 0.333. The van der Waals surface area contributed by atoms with Crippen LogP contribution in [-0.4, -0.2) is 21.9 Å². The predicted molar refractivity (Wildman–Crippen MR) is 66.9 cm³/mol. The first-order valence-corrected chi connectivity index (χ1v) is 6.59. The summed E-state index contributed by atoms with van der Waals surface area (Å²) in [6.07, 6.45) is 5.40. The van der Waals surface area contributed by atoms with Gasteiger partial charge in [-0.15, -0.1) is 0 Å². The highest BCUT2D eigenvalue weighted by Gasteiger charge is 2.08. The standard InChI is InChI=1S/C12H15NO2S/c14-16(15)10-11-5-4-6-12(9-11)13-7-2-1-3-8-13/h1-2,4-6,9H,3,7-8,10H2,(H,14,15). The van der Waals surface area contributed by atoms with Crippen LogP contribution in [0.3, 0.4) is 0 Å². The van der Waals surface area contributed by atoms with Gasteiger partial charge in [0.05, 0.1) is 5.75 Å². The molecule has 2 rings (SSSR count). The number of anilines is 1. The van der Waals surface area contributed by atoms with Gasteiger partial charge in [0.25, 0.3) is 0 Å². The van der Waals surface area contributed by atoms with Crippen molar-refractivity contribution in [2.24, 2.45) is 0 Å². The lowest BCUT2D eigenvalue weighted by Crippen LogP contribution is -2.26. The molecule has 0 aliphatic carbocycles. The summed E-state index contributed by atoms with van der Waals surface area (Å²) < 4.78 is 19.6. The lowest BCUT2D eigenvalue weighted by Gasteiger charge is -2.25. The van der Waals surface area contributed by atoms with Crippen LogP contribution >= 0.6 is 0 Å². The zero-order valence-corrected chi connectivity index (χ0v) is 9.82. The number of hydrogen-bond acceptors (Lipinski definition) is 2. The van der Waals surface area contributed by atoms with Crippen LogP contribution in [0.4, 0.5) is 5.69 Å². The molecule has 0 radical (unpaired) electrons. The van der Waals surface area contributed by atoms with E-state index in [-0.39, 0.29) is 5.75 Å². The Labute approximate surface area is 98.1 Å². The molecular formula is C12H15NO2S. The molecule has 0 spiro atoms. The Morgan fingerprint density at radius 3 is 2.94 bits per heavy atom. The largest absolute Gasteiger partial charge is 0.367 e. The minimum atomic E-state index is -1.76. The third kappa shape index (κ3) is 2.93. The van der Waals surface area contributed by atoms with Gasteiger partial charge in [-0.25, -0.2) is 4.21 Å². The minimum absolute atomic E-state index is 0.206. The average Bonchev–Trinajstić information content (AvgIpc) is 2.30. The maximum Gasteiger partial charge on any atom is 0.157 e. The zero-order valence-electron chi connectivity index (χ0n) is 9.00. The number of rotatable bonds is 3. The van der Waals surface area contributed by atoms with E-state index in [1.54, 1.807) is 0 Å². The van der Waals surface area contributed by atoms with Gasteiger partial charge in [-0.2, -0.15) is 0 Å². The van der Waals surface area contributed by atoms with E-state index in [9.17, 15) is 4.21 Å². The number of hydrogen-bond donors (Lipinski definition) is 1. The summed E-state index contributed by atoms with van der Waals surface area (Å²) in [7, 11) is 0. The Balaban J connectivity index is 2.14. The molecule has 0 saturated heterocycles. The van der Waals surface area contributed by atoms with Gasteiger partial charge in [0, 0.05) is 18.8 Å². The first kappa shape index (κ1) is 11.4. The van der Waals surface area contributed by atoms with Gasteiger partial charge in [-0.05, 0) is 24.1 Å². The number of benzene rings is 1. The molecule has 0 aromatic heterocycles. The van der Waals surface area contributed by atoms with Crippen LogP contribution in [0.2, 0.25) is 0 Å². The van der Waals surface area contributed by atoms with Gasteiger partial charge in [0.15, 0.2) is 11.1 Å². The fourth-order valence-electron chi connectivity index (χ4n) is 1.86. The van der Waals surface area contributed by atoms with Crippen molar-refractivity contribution in [3.05, 3.63) is 42.0 Å². The molecule has 86 valence electrons. The minimum Gasteiger partial charge on any atom is -0.367 e. The van der Waals surface area contributed by atoms with Gasteiger partial charge < -0.3 is 9.45 Å². The third-order valence-corrected chi connectivity index (χ3v) is 3.20. The maximum atomic E-state index is 10.7. The van der Waals surface area contributed by atoms with E-state index in [1.807, 2.05) is 24.3 Å². The SMILES string of the molecule is O=S(O)Cc1cccc(N2CC=CCC2)c1. The van der Waals surface area contributed by atoms with Crippen molar-refractivity contribution in [3.63, 3.8) is 0 Å². The molecule has 1 aromatic rings. The van der Waals surface area contributed by atoms with Gasteiger partial charge >= 0.3 is 0 Å². The van der Waals surface area contributed by atoms with E-state index >= 15 is 0 Å². The maximum absolute atomic E-state index is 10.7. The summed E-state index contributed by atoms with van der Waals surface area (Å²) in [5.41, 5.74) is 2.04. The smallest absolute Gasteiger partial charge is 0.157 e. The van der Waals surface area contributed by atoms with Crippen molar-refractivity contribution < 1.29 is 8.76 Å². The second-order valence-corrected chi connectivity index (χ2v) is 4.77. The van der Waals surface area contributed by atoms with Crippen molar-refractivity contribution in [2.45, 2.75) is 12.2 Å². The molecule has 0 bridgehead atoms. The summed E-state index contributed by atoms with van der Waals surface area (Å²) in [4.78, 5) is 2.27. The van der Waals surface area contributed by atoms with E-state index in [0.717, 1.165) is 30.8 Å². The molecule has 16 heavy (non-hydrogen) atoms. The summed E-state index contributed by atoms with van der Waals surface area (Å²) in [5.74, 6) is 0.206. The average molecular weight is 237 g/mol. The molecule has 1 aromatic carbocycles. The van der Waals surface area contributed by atoms with Crippen LogP contribution in [0.15, 0.2) is 36.4 Å². The van der Waals surface area contributed by atoms with Gasteiger partial charge in [-0.1, -0.05) is 24.3 Å². The fourth-order valence-corrected chi connectivity index (χ4v) is 2.33. The van der Waals surface area contributed by atoms with Crippen molar-refractivity contribution in [1.29, 1.82) is 0 Å². The third-order valence-electron chi connectivity index (χ3n) is 2.62. The van der Waals surface area contributed by atoms with Crippen LogP contribution in [0.1, 0.15) is 12.0 Å². The first-order chi connectivity index (χ1) is 7.75. The first-order valence-electron chi connectivity index (χ1n) is 5.32. The van der Waals surface area contributed by atoms with Crippen molar-refractivity contribution in [1.82, 2.24) is 0 Å².